The quantitative estimate of drug-likeness (QED) is 0.126. The van der Waals surface area contributed by atoms with Crippen molar-refractivity contribution < 1.29 is 58.9 Å². The molecule has 5 N–H and O–H groups in total. The van der Waals surface area contributed by atoms with E-state index in [2.05, 4.69) is 11.3 Å². The van der Waals surface area contributed by atoms with Crippen molar-refractivity contribution in [3.63, 3.8) is 0 Å². The van der Waals surface area contributed by atoms with Gasteiger partial charge in [0, 0.05) is 5.57 Å². The van der Waals surface area contributed by atoms with Crippen LogP contribution in [0.25, 0.3) is 0 Å². The lowest BCUT2D eigenvalue weighted by Gasteiger charge is -2.43. The number of allylic oxidation sites excluding steroid dienone is 1. The van der Waals surface area contributed by atoms with Gasteiger partial charge < -0.3 is 44.5 Å². The highest BCUT2D eigenvalue weighted by atomic mass is 16.7. The molecule has 0 aromatic heterocycles. The minimum Gasteiger partial charge on any atom is -0.481 e. The van der Waals surface area contributed by atoms with Gasteiger partial charge in [-0.15, -0.1) is 6.58 Å². The van der Waals surface area contributed by atoms with Gasteiger partial charge in [-0.2, -0.15) is 0 Å². The predicted molar refractivity (Wildman–Crippen MR) is 120 cm³/mol. The van der Waals surface area contributed by atoms with Crippen LogP contribution in [0.4, 0.5) is 0 Å². The van der Waals surface area contributed by atoms with Gasteiger partial charge in [-0.25, -0.2) is 4.79 Å². The van der Waals surface area contributed by atoms with E-state index in [-0.39, 0.29) is 0 Å². The third-order valence-corrected chi connectivity index (χ3v) is 5.55. The number of hydrogen-bond acceptors (Lipinski definition) is 11. The molecule has 0 aromatic carbocycles. The van der Waals surface area contributed by atoms with Crippen LogP contribution in [0.5, 0.6) is 0 Å². The molecule has 1 aliphatic heterocycles. The van der Waals surface area contributed by atoms with E-state index in [9.17, 15) is 34.8 Å². The van der Waals surface area contributed by atoms with Gasteiger partial charge in [0.05, 0.1) is 31.2 Å². The average Bonchev–Trinajstić information content (AvgIpc) is 2.76. The highest BCUT2D eigenvalue weighted by Crippen LogP contribution is 2.29. The Bertz CT molecular complexity index is 791. The van der Waals surface area contributed by atoms with E-state index < -0.39 is 79.3 Å². The maximum atomic E-state index is 12.0. The van der Waals surface area contributed by atoms with Gasteiger partial charge in [0.2, 0.25) is 0 Å². The van der Waals surface area contributed by atoms with Crippen LogP contribution >= 0.6 is 0 Å². The molecule has 0 radical (unpaired) electrons. The fourth-order valence-corrected chi connectivity index (χ4v) is 3.37. The van der Waals surface area contributed by atoms with Gasteiger partial charge in [0.15, 0.2) is 6.29 Å². The Morgan fingerprint density at radius 2 is 1.71 bits per heavy atom. The minimum atomic E-state index is -1.84. The number of rotatable bonds is 13. The Morgan fingerprint density at radius 3 is 2.26 bits per heavy atom. The molecule has 7 atom stereocenters. The highest BCUT2D eigenvalue weighted by Gasteiger charge is 2.46. The van der Waals surface area contributed by atoms with E-state index in [1.54, 1.807) is 19.9 Å². The van der Waals surface area contributed by atoms with E-state index in [1.165, 1.54) is 13.2 Å². The highest BCUT2D eigenvalue weighted by molar-refractivity contribution is 5.87. The Balaban J connectivity index is 2.80. The zero-order valence-corrected chi connectivity index (χ0v) is 20.4. The number of aliphatic carboxylic acids is 1. The van der Waals surface area contributed by atoms with Crippen LogP contribution in [0.2, 0.25) is 0 Å². The summed E-state index contributed by atoms with van der Waals surface area (Å²) in [5.41, 5.74) is -2.52. The molecule has 0 bridgehead atoms. The number of carbonyl (C=O) groups is 3. The van der Waals surface area contributed by atoms with Crippen molar-refractivity contribution in [3.05, 3.63) is 24.3 Å². The van der Waals surface area contributed by atoms with Gasteiger partial charge in [-0.05, 0) is 33.6 Å². The first-order valence-electron chi connectivity index (χ1n) is 11.0. The lowest BCUT2D eigenvalue weighted by molar-refractivity contribution is -0.320. The Hall–Kier alpha value is -2.35. The number of methoxy groups -OCH3 is 1. The van der Waals surface area contributed by atoms with Gasteiger partial charge in [-0.3, -0.25) is 9.59 Å². The summed E-state index contributed by atoms with van der Waals surface area (Å²) in [6.07, 6.45) is -5.18. The normalized spacial score (nSPS) is 28.3. The van der Waals surface area contributed by atoms with Crippen molar-refractivity contribution in [2.24, 2.45) is 0 Å². The monoisotopic (exact) mass is 504 g/mol. The Labute approximate surface area is 203 Å². The molecular weight excluding hydrogens is 468 g/mol. The molecule has 0 aromatic rings. The van der Waals surface area contributed by atoms with Crippen LogP contribution in [0.1, 0.15) is 46.5 Å². The van der Waals surface area contributed by atoms with E-state index in [4.69, 9.17) is 19.3 Å². The molecule has 1 fully saturated rings. The molecule has 0 saturated carbocycles. The number of aliphatic hydroxyl groups excluding tert-OH is 3. The number of esters is 2. The first kappa shape index (κ1) is 30.7. The lowest BCUT2D eigenvalue weighted by Crippen LogP contribution is -2.60. The second-order valence-corrected chi connectivity index (χ2v) is 8.99. The standard InChI is InChI=1S/C23H36O12/c1-6-23(4,9-7-8-13(2)20(30)32-5)35-21-19(29)18(28)17(27)14(34-21)12-33-16(26)11-22(3,31)10-15(24)25/h6,8,14,17-19,21,27-29,31H,1,7,9-12H2,2-5H3,(H,24,25)/b13-8+/t14-,17-,18+,19-,21+,22-,23-/m0/s1. The number of ether oxygens (including phenoxy) is 4. The van der Waals surface area contributed by atoms with Gasteiger partial charge >= 0.3 is 17.9 Å². The summed E-state index contributed by atoms with van der Waals surface area (Å²) >= 11 is 0. The van der Waals surface area contributed by atoms with Gasteiger partial charge in [0.25, 0.3) is 0 Å². The summed E-state index contributed by atoms with van der Waals surface area (Å²) in [4.78, 5) is 34.3. The molecule has 1 rings (SSSR count). The second-order valence-electron chi connectivity index (χ2n) is 8.99. The molecule has 12 heteroatoms. The molecule has 12 nitrogen and oxygen atoms in total. The zero-order chi connectivity index (χ0) is 27.0. The van der Waals surface area contributed by atoms with E-state index in [0.29, 0.717) is 18.4 Å². The van der Waals surface area contributed by atoms with E-state index in [1.807, 2.05) is 0 Å². The third kappa shape index (κ3) is 9.67. The molecule has 1 aliphatic rings. The number of aliphatic hydroxyl groups is 4. The summed E-state index contributed by atoms with van der Waals surface area (Å²) in [5.74, 6) is -2.72. The topological polar surface area (TPSA) is 189 Å². The molecule has 0 spiro atoms. The van der Waals surface area contributed by atoms with Crippen LogP contribution in [0, 0.1) is 0 Å². The molecule has 1 heterocycles. The van der Waals surface area contributed by atoms with Crippen LogP contribution in [-0.4, -0.2) is 99.1 Å². The van der Waals surface area contributed by atoms with Crippen molar-refractivity contribution >= 4 is 17.9 Å². The molecule has 0 unspecified atom stereocenters. The molecule has 1 saturated heterocycles. The first-order valence-corrected chi connectivity index (χ1v) is 11.0. The summed E-state index contributed by atoms with van der Waals surface area (Å²) < 4.78 is 21.0. The molecule has 0 aliphatic carbocycles. The summed E-state index contributed by atoms with van der Waals surface area (Å²) in [5, 5.41) is 49.6. The van der Waals surface area contributed by atoms with Crippen molar-refractivity contribution in [3.8, 4) is 0 Å². The maximum absolute atomic E-state index is 12.0. The SMILES string of the molecule is C=C[C@@](C)(CC/C=C(\C)C(=O)OC)O[C@H]1O[C@@H](COC(=O)C[C@@](C)(O)CC(=O)O)[C@H](O)[C@@H](O)[C@@H]1O. The van der Waals surface area contributed by atoms with Crippen molar-refractivity contribution in [1.29, 1.82) is 0 Å². The summed E-state index contributed by atoms with van der Waals surface area (Å²) in [7, 11) is 1.27. The van der Waals surface area contributed by atoms with Crippen LogP contribution in [0.3, 0.4) is 0 Å². The fraction of sp³-hybridized carbons (Fsp3) is 0.696. The van der Waals surface area contributed by atoms with Crippen LogP contribution in [-0.2, 0) is 33.3 Å². The molecule has 200 valence electrons. The van der Waals surface area contributed by atoms with Crippen LogP contribution < -0.4 is 0 Å². The predicted octanol–water partition coefficient (Wildman–Crippen LogP) is -0.186. The van der Waals surface area contributed by atoms with Gasteiger partial charge in [-0.1, -0.05) is 12.2 Å². The fourth-order valence-electron chi connectivity index (χ4n) is 3.37. The number of hydrogen-bond donors (Lipinski definition) is 5. The number of carboxylic acids is 1. The van der Waals surface area contributed by atoms with Crippen molar-refractivity contribution in [2.75, 3.05) is 13.7 Å². The smallest absolute Gasteiger partial charge is 0.333 e. The first-order chi connectivity index (χ1) is 16.1. The van der Waals surface area contributed by atoms with Crippen molar-refractivity contribution in [2.45, 2.75) is 88.4 Å². The minimum absolute atomic E-state index is 0.314. The Morgan fingerprint density at radius 1 is 1.09 bits per heavy atom. The zero-order valence-electron chi connectivity index (χ0n) is 20.4. The summed E-state index contributed by atoms with van der Waals surface area (Å²) in [6, 6.07) is 0. The third-order valence-electron chi connectivity index (χ3n) is 5.55. The Kier molecular flexibility index (Phi) is 11.5. The van der Waals surface area contributed by atoms with E-state index in [0.717, 1.165) is 6.92 Å². The van der Waals surface area contributed by atoms with Crippen LogP contribution in [0.15, 0.2) is 24.3 Å². The van der Waals surface area contributed by atoms with E-state index >= 15 is 0 Å². The van der Waals surface area contributed by atoms with Crippen molar-refractivity contribution in [1.82, 2.24) is 0 Å². The molecule has 35 heavy (non-hydrogen) atoms. The molecule has 0 amide bonds. The second kappa shape index (κ2) is 13.1. The summed E-state index contributed by atoms with van der Waals surface area (Å²) in [6.45, 7) is 7.57. The molecular formula is C23H36O12. The lowest BCUT2D eigenvalue weighted by atomic mass is 9.96. The maximum Gasteiger partial charge on any atom is 0.333 e. The average molecular weight is 505 g/mol. The number of carboxylic acid groups (broad SMARTS) is 1. The number of carbonyl (C=O) groups excluding carboxylic acids is 2. The van der Waals surface area contributed by atoms with Gasteiger partial charge in [0.1, 0.15) is 31.0 Å². The largest absolute Gasteiger partial charge is 0.481 e.